The molecule has 1 aromatic carbocycles. The monoisotopic (exact) mass is 238 g/mol. The molecular formula is C13H19FN2O. The SMILES string of the molecule is CC(N)CCCC(=O)N(C)c1ccc(F)cc1. The molecule has 0 bridgehead atoms. The van der Waals surface area contributed by atoms with Crippen molar-refractivity contribution in [3.63, 3.8) is 0 Å². The molecular weight excluding hydrogens is 219 g/mol. The normalized spacial score (nSPS) is 12.2. The quantitative estimate of drug-likeness (QED) is 0.855. The molecule has 17 heavy (non-hydrogen) atoms. The van der Waals surface area contributed by atoms with Gasteiger partial charge in [0, 0.05) is 25.2 Å². The minimum atomic E-state index is -0.299. The standard InChI is InChI=1S/C13H19FN2O/c1-10(15)4-3-5-13(17)16(2)12-8-6-11(14)7-9-12/h6-10H,3-5,15H2,1-2H3. The molecule has 1 unspecified atom stereocenters. The third-order valence-corrected chi connectivity index (χ3v) is 2.64. The van der Waals surface area contributed by atoms with Crippen LogP contribution in [-0.4, -0.2) is 19.0 Å². The van der Waals surface area contributed by atoms with Gasteiger partial charge in [-0.2, -0.15) is 0 Å². The van der Waals surface area contributed by atoms with Gasteiger partial charge in [0.15, 0.2) is 0 Å². The van der Waals surface area contributed by atoms with Crippen LogP contribution in [0.5, 0.6) is 0 Å². The van der Waals surface area contributed by atoms with E-state index in [1.807, 2.05) is 6.92 Å². The fourth-order valence-corrected chi connectivity index (χ4v) is 1.55. The Morgan fingerprint density at radius 2 is 2.00 bits per heavy atom. The number of carbonyl (C=O) groups excluding carboxylic acids is 1. The van der Waals surface area contributed by atoms with Crippen LogP contribution in [0.2, 0.25) is 0 Å². The van der Waals surface area contributed by atoms with E-state index >= 15 is 0 Å². The largest absolute Gasteiger partial charge is 0.328 e. The average molecular weight is 238 g/mol. The molecule has 3 nitrogen and oxygen atoms in total. The molecule has 0 radical (unpaired) electrons. The van der Waals surface area contributed by atoms with E-state index in [1.54, 1.807) is 24.1 Å². The second-order valence-corrected chi connectivity index (χ2v) is 4.30. The summed E-state index contributed by atoms with van der Waals surface area (Å²) in [5, 5.41) is 0. The topological polar surface area (TPSA) is 46.3 Å². The minimum absolute atomic E-state index is 0.0252. The van der Waals surface area contributed by atoms with E-state index in [4.69, 9.17) is 5.73 Å². The third-order valence-electron chi connectivity index (χ3n) is 2.64. The maximum Gasteiger partial charge on any atom is 0.226 e. The molecule has 1 atom stereocenters. The molecule has 1 aromatic rings. The molecule has 1 rings (SSSR count). The van der Waals surface area contributed by atoms with Gasteiger partial charge >= 0.3 is 0 Å². The smallest absolute Gasteiger partial charge is 0.226 e. The predicted molar refractivity (Wildman–Crippen MR) is 67.3 cm³/mol. The van der Waals surface area contributed by atoms with Gasteiger partial charge in [0.05, 0.1) is 0 Å². The van der Waals surface area contributed by atoms with Gasteiger partial charge in [-0.1, -0.05) is 0 Å². The maximum atomic E-state index is 12.7. The van der Waals surface area contributed by atoms with Gasteiger partial charge < -0.3 is 10.6 Å². The molecule has 0 heterocycles. The number of benzene rings is 1. The number of hydrogen-bond acceptors (Lipinski definition) is 2. The number of carbonyl (C=O) groups is 1. The first-order valence-corrected chi connectivity index (χ1v) is 5.78. The summed E-state index contributed by atoms with van der Waals surface area (Å²) >= 11 is 0. The van der Waals surface area contributed by atoms with Crippen LogP contribution in [0.4, 0.5) is 10.1 Å². The molecule has 0 saturated carbocycles. The number of nitrogens with two attached hydrogens (primary N) is 1. The highest BCUT2D eigenvalue weighted by molar-refractivity contribution is 5.92. The number of hydrogen-bond donors (Lipinski definition) is 1. The Kier molecular flexibility index (Phi) is 5.10. The lowest BCUT2D eigenvalue weighted by Gasteiger charge is -2.17. The van der Waals surface area contributed by atoms with Crippen molar-refractivity contribution in [1.82, 2.24) is 0 Å². The Hall–Kier alpha value is -1.42. The first-order chi connectivity index (χ1) is 8.00. The fraction of sp³-hybridized carbons (Fsp3) is 0.462. The van der Waals surface area contributed by atoms with Crippen LogP contribution in [0.3, 0.4) is 0 Å². The van der Waals surface area contributed by atoms with Crippen molar-refractivity contribution in [3.8, 4) is 0 Å². The highest BCUT2D eigenvalue weighted by Gasteiger charge is 2.10. The molecule has 1 amide bonds. The zero-order chi connectivity index (χ0) is 12.8. The highest BCUT2D eigenvalue weighted by atomic mass is 19.1. The van der Waals surface area contributed by atoms with Crippen molar-refractivity contribution in [2.24, 2.45) is 5.73 Å². The van der Waals surface area contributed by atoms with Gasteiger partial charge in [0.25, 0.3) is 0 Å². The summed E-state index contributed by atoms with van der Waals surface area (Å²) in [6.45, 7) is 1.92. The lowest BCUT2D eigenvalue weighted by atomic mass is 10.1. The van der Waals surface area contributed by atoms with Crippen molar-refractivity contribution >= 4 is 11.6 Å². The number of rotatable bonds is 5. The molecule has 0 aromatic heterocycles. The molecule has 94 valence electrons. The van der Waals surface area contributed by atoms with Crippen LogP contribution >= 0.6 is 0 Å². The Morgan fingerprint density at radius 3 is 2.53 bits per heavy atom. The van der Waals surface area contributed by atoms with E-state index in [2.05, 4.69) is 0 Å². The van der Waals surface area contributed by atoms with Crippen molar-refractivity contribution in [1.29, 1.82) is 0 Å². The number of halogens is 1. The summed E-state index contributed by atoms with van der Waals surface area (Å²) in [7, 11) is 1.70. The lowest BCUT2D eigenvalue weighted by Crippen LogP contribution is -2.26. The van der Waals surface area contributed by atoms with Crippen molar-refractivity contribution < 1.29 is 9.18 Å². The number of nitrogens with zero attached hydrogens (tertiary/aromatic N) is 1. The van der Waals surface area contributed by atoms with E-state index in [1.165, 1.54) is 12.1 Å². The van der Waals surface area contributed by atoms with Gasteiger partial charge in [-0.05, 0) is 44.0 Å². The van der Waals surface area contributed by atoms with Gasteiger partial charge in [-0.15, -0.1) is 0 Å². The maximum absolute atomic E-state index is 12.7. The summed E-state index contributed by atoms with van der Waals surface area (Å²) in [6.07, 6.45) is 2.08. The third kappa shape index (κ3) is 4.53. The molecule has 4 heteroatoms. The molecule has 0 aliphatic rings. The zero-order valence-corrected chi connectivity index (χ0v) is 10.3. The second kappa shape index (κ2) is 6.35. The van der Waals surface area contributed by atoms with Gasteiger partial charge in [0.1, 0.15) is 5.82 Å². The van der Waals surface area contributed by atoms with Gasteiger partial charge in [0.2, 0.25) is 5.91 Å². The summed E-state index contributed by atoms with van der Waals surface area (Å²) in [6, 6.07) is 6.01. The van der Waals surface area contributed by atoms with E-state index in [9.17, 15) is 9.18 Å². The van der Waals surface area contributed by atoms with Crippen LogP contribution in [0.15, 0.2) is 24.3 Å². The molecule has 0 aliphatic carbocycles. The van der Waals surface area contributed by atoms with E-state index < -0.39 is 0 Å². The Labute approximate surface area is 101 Å². The first-order valence-electron chi connectivity index (χ1n) is 5.78. The predicted octanol–water partition coefficient (Wildman–Crippen LogP) is 2.31. The zero-order valence-electron chi connectivity index (χ0n) is 10.3. The van der Waals surface area contributed by atoms with Crippen molar-refractivity contribution in [2.75, 3.05) is 11.9 Å². The van der Waals surface area contributed by atoms with Gasteiger partial charge in [-0.3, -0.25) is 4.79 Å². The lowest BCUT2D eigenvalue weighted by molar-refractivity contribution is -0.118. The molecule has 0 saturated heterocycles. The Bertz CT molecular complexity index is 362. The molecule has 0 aliphatic heterocycles. The van der Waals surface area contributed by atoms with Crippen LogP contribution in [0.1, 0.15) is 26.2 Å². The second-order valence-electron chi connectivity index (χ2n) is 4.30. The number of amides is 1. The molecule has 0 spiro atoms. The number of anilines is 1. The fourth-order valence-electron chi connectivity index (χ4n) is 1.55. The van der Waals surface area contributed by atoms with Gasteiger partial charge in [-0.25, -0.2) is 4.39 Å². The molecule has 0 fully saturated rings. The summed E-state index contributed by atoms with van der Waals surface area (Å²) in [4.78, 5) is 13.3. The van der Waals surface area contributed by atoms with Crippen molar-refractivity contribution in [3.05, 3.63) is 30.1 Å². The minimum Gasteiger partial charge on any atom is -0.328 e. The summed E-state index contributed by atoms with van der Waals surface area (Å²) in [5.41, 5.74) is 6.32. The van der Waals surface area contributed by atoms with E-state index in [0.29, 0.717) is 12.1 Å². The first kappa shape index (κ1) is 13.6. The van der Waals surface area contributed by atoms with Crippen molar-refractivity contribution in [2.45, 2.75) is 32.2 Å². The summed E-state index contributed by atoms with van der Waals surface area (Å²) < 4.78 is 12.7. The summed E-state index contributed by atoms with van der Waals surface area (Å²) in [5.74, 6) is -0.274. The van der Waals surface area contributed by atoms with Crippen LogP contribution < -0.4 is 10.6 Å². The Balaban J connectivity index is 2.49. The van der Waals surface area contributed by atoms with E-state index in [0.717, 1.165) is 12.8 Å². The average Bonchev–Trinajstić information content (AvgIpc) is 2.28. The van der Waals surface area contributed by atoms with Crippen LogP contribution in [0.25, 0.3) is 0 Å². The van der Waals surface area contributed by atoms with E-state index in [-0.39, 0.29) is 17.8 Å². The van der Waals surface area contributed by atoms with Crippen LogP contribution in [0, 0.1) is 5.82 Å². The highest BCUT2D eigenvalue weighted by Crippen LogP contribution is 2.14. The Morgan fingerprint density at radius 1 is 1.41 bits per heavy atom. The molecule has 2 N–H and O–H groups in total. The van der Waals surface area contributed by atoms with Crippen LogP contribution in [-0.2, 0) is 4.79 Å².